The number of carbonyl (C=O) groups is 3. The van der Waals surface area contributed by atoms with Crippen LogP contribution in [0.5, 0.6) is 5.75 Å². The van der Waals surface area contributed by atoms with Crippen molar-refractivity contribution in [3.8, 4) is 5.75 Å². The predicted molar refractivity (Wildman–Crippen MR) is 137 cm³/mol. The average molecular weight is 527 g/mol. The van der Waals surface area contributed by atoms with Crippen LogP contribution in [0, 0.1) is 11.8 Å². The van der Waals surface area contributed by atoms with Crippen LogP contribution in [0.3, 0.4) is 0 Å². The lowest BCUT2D eigenvalue weighted by Crippen LogP contribution is -2.56. The second-order valence-corrected chi connectivity index (χ2v) is 11.5. The minimum absolute atomic E-state index is 0.0112. The van der Waals surface area contributed by atoms with E-state index in [0.29, 0.717) is 23.2 Å². The number of allylic oxidation sites excluding steroid dienone is 2. The zero-order chi connectivity index (χ0) is 27.9. The minimum atomic E-state index is -2.52. The Labute approximate surface area is 220 Å². The number of fused-ring (bicyclic) bond motifs is 3. The highest BCUT2D eigenvalue weighted by Crippen LogP contribution is 2.53. The molecular weight excluding hydrogens is 492 g/mol. The molecule has 0 bridgehead atoms. The number of rotatable bonds is 6. The first-order valence-electron chi connectivity index (χ1n) is 12.9. The maximum Gasteiger partial charge on any atom is 0.209 e. The van der Waals surface area contributed by atoms with Crippen LogP contribution in [-0.2, 0) is 22.4 Å². The van der Waals surface area contributed by atoms with E-state index >= 15 is 0 Å². The van der Waals surface area contributed by atoms with Crippen LogP contribution < -0.4 is 10.6 Å². The summed E-state index contributed by atoms with van der Waals surface area (Å²) in [5.74, 6) is -5.59. The van der Waals surface area contributed by atoms with Gasteiger partial charge in [0.1, 0.15) is 22.8 Å². The number of hydrogen-bond donors (Lipinski definition) is 6. The quantitative estimate of drug-likeness (QED) is 0.297. The lowest BCUT2D eigenvalue weighted by Gasteiger charge is -2.46. The smallest absolute Gasteiger partial charge is 0.209 e. The molecule has 0 aromatic heterocycles. The molecule has 204 valence electrons. The standard InChI is InChI=1S/C28H34N2O8/c1-12(31)20-18(32)11-15-8-14-9-16-17(30(2)3)10-13(4-5-19(33)27(29)6-7-27)23(34)22(16)24(35)21(14)26(37)28(15,38)25(20)36/h10,14-15,19,32-34,37-38H,4-9,11,29H2,1-3H3/t14-,15+,19?,28?/m1/s1. The second kappa shape index (κ2) is 8.65. The van der Waals surface area contributed by atoms with E-state index in [2.05, 4.69) is 0 Å². The highest BCUT2D eigenvalue weighted by molar-refractivity contribution is 6.25. The Hall–Kier alpha value is -3.21. The number of aliphatic hydroxyl groups excluding tert-OH is 3. The molecule has 0 amide bonds. The summed E-state index contributed by atoms with van der Waals surface area (Å²) in [6.07, 6.45) is 1.42. The van der Waals surface area contributed by atoms with Gasteiger partial charge in [0.15, 0.2) is 17.2 Å². The fraction of sp³-hybridized carbons (Fsp3) is 0.536. The van der Waals surface area contributed by atoms with E-state index in [0.717, 1.165) is 19.8 Å². The lowest BCUT2D eigenvalue weighted by molar-refractivity contribution is -0.144. The monoisotopic (exact) mass is 526 g/mol. The molecule has 0 spiro atoms. The number of Topliss-reactive ketones (excluding diaryl/α,β-unsaturated/α-hetero) is 3. The number of aromatic hydroxyl groups is 1. The number of nitrogens with two attached hydrogens (primary N) is 1. The first-order chi connectivity index (χ1) is 17.7. The Kier molecular flexibility index (Phi) is 6.01. The molecule has 0 heterocycles. The third-order valence-electron chi connectivity index (χ3n) is 8.88. The number of carbonyl (C=O) groups excluding carboxylic acids is 3. The van der Waals surface area contributed by atoms with Crippen molar-refractivity contribution in [1.82, 2.24) is 0 Å². The summed E-state index contributed by atoms with van der Waals surface area (Å²) in [5, 5.41) is 54.8. The van der Waals surface area contributed by atoms with Crippen molar-refractivity contribution < 1.29 is 39.9 Å². The van der Waals surface area contributed by atoms with Gasteiger partial charge in [-0.15, -0.1) is 0 Å². The molecule has 4 atom stereocenters. The molecular formula is C28H34N2O8. The summed E-state index contributed by atoms with van der Waals surface area (Å²) in [5.41, 5.74) is 3.94. The number of benzene rings is 1. The van der Waals surface area contributed by atoms with Crippen LogP contribution in [0.15, 0.2) is 28.7 Å². The van der Waals surface area contributed by atoms with Gasteiger partial charge in [0.05, 0.1) is 11.7 Å². The van der Waals surface area contributed by atoms with Crippen molar-refractivity contribution in [1.29, 1.82) is 0 Å². The van der Waals surface area contributed by atoms with Crippen molar-refractivity contribution in [3.05, 3.63) is 45.4 Å². The van der Waals surface area contributed by atoms with Crippen molar-refractivity contribution >= 4 is 23.0 Å². The largest absolute Gasteiger partial charge is 0.511 e. The predicted octanol–water partition coefficient (Wildman–Crippen LogP) is 1.53. The Morgan fingerprint density at radius 3 is 2.42 bits per heavy atom. The summed E-state index contributed by atoms with van der Waals surface area (Å²) in [6, 6.07) is 1.79. The molecule has 1 fully saturated rings. The molecule has 1 aromatic carbocycles. The summed E-state index contributed by atoms with van der Waals surface area (Å²) in [7, 11) is 3.62. The third-order valence-corrected chi connectivity index (χ3v) is 8.88. The van der Waals surface area contributed by atoms with Gasteiger partial charge in [-0.3, -0.25) is 14.4 Å². The topological polar surface area (TPSA) is 182 Å². The van der Waals surface area contributed by atoms with Gasteiger partial charge in [-0.05, 0) is 68.6 Å². The number of aryl methyl sites for hydroxylation is 1. The molecule has 2 unspecified atom stereocenters. The number of nitrogens with zero attached hydrogens (tertiary/aromatic N) is 1. The van der Waals surface area contributed by atoms with Crippen LogP contribution in [0.25, 0.3) is 0 Å². The summed E-state index contributed by atoms with van der Waals surface area (Å²) >= 11 is 0. The average Bonchev–Trinajstić information content (AvgIpc) is 3.58. The van der Waals surface area contributed by atoms with E-state index in [1.807, 2.05) is 19.0 Å². The number of aliphatic hydroxyl groups is 4. The SMILES string of the molecule is CC(=O)C1=C(O)C[C@@H]2C[C@@H]3Cc4c(N(C)C)cc(CCC(O)C5(N)CC5)c(O)c4C(=O)C3=C(O)C2(O)C1=O. The summed E-state index contributed by atoms with van der Waals surface area (Å²) < 4.78 is 0. The van der Waals surface area contributed by atoms with Crippen LogP contribution in [-0.4, -0.2) is 74.2 Å². The summed E-state index contributed by atoms with van der Waals surface area (Å²) in [4.78, 5) is 40.9. The first-order valence-corrected chi connectivity index (χ1v) is 12.9. The second-order valence-electron chi connectivity index (χ2n) is 11.5. The normalized spacial score (nSPS) is 28.5. The van der Waals surface area contributed by atoms with Crippen LogP contribution in [0.4, 0.5) is 5.69 Å². The van der Waals surface area contributed by atoms with E-state index < -0.39 is 63.5 Å². The molecule has 4 aliphatic rings. The highest BCUT2D eigenvalue weighted by atomic mass is 16.3. The van der Waals surface area contributed by atoms with E-state index in [4.69, 9.17) is 5.73 Å². The number of anilines is 1. The van der Waals surface area contributed by atoms with Crippen molar-refractivity contribution in [3.63, 3.8) is 0 Å². The minimum Gasteiger partial charge on any atom is -0.511 e. The van der Waals surface area contributed by atoms with Crippen LogP contribution in [0.1, 0.15) is 60.5 Å². The molecule has 1 saturated carbocycles. The van der Waals surface area contributed by atoms with Crippen LogP contribution in [0.2, 0.25) is 0 Å². The number of phenols is 1. The zero-order valence-electron chi connectivity index (χ0n) is 21.7. The van der Waals surface area contributed by atoms with E-state index in [1.165, 1.54) is 0 Å². The van der Waals surface area contributed by atoms with Crippen molar-refractivity contribution in [2.45, 2.75) is 69.1 Å². The molecule has 7 N–H and O–H groups in total. The maximum atomic E-state index is 13.9. The van der Waals surface area contributed by atoms with Gasteiger partial charge in [-0.1, -0.05) is 0 Å². The molecule has 10 heteroatoms. The maximum absolute atomic E-state index is 13.9. The fourth-order valence-electron chi connectivity index (χ4n) is 6.48. The van der Waals surface area contributed by atoms with Crippen molar-refractivity contribution in [2.75, 3.05) is 19.0 Å². The molecule has 0 radical (unpaired) electrons. The van der Waals surface area contributed by atoms with Gasteiger partial charge in [0.2, 0.25) is 5.78 Å². The van der Waals surface area contributed by atoms with Crippen molar-refractivity contribution in [2.24, 2.45) is 17.6 Å². The zero-order valence-corrected chi connectivity index (χ0v) is 21.7. The van der Waals surface area contributed by atoms with E-state index in [-0.39, 0.29) is 42.6 Å². The van der Waals surface area contributed by atoms with Gasteiger partial charge in [0, 0.05) is 43.2 Å². The Balaban J connectivity index is 1.60. The molecule has 38 heavy (non-hydrogen) atoms. The molecule has 0 aliphatic heterocycles. The molecule has 0 saturated heterocycles. The Morgan fingerprint density at radius 1 is 1.18 bits per heavy atom. The molecule has 5 rings (SSSR count). The molecule has 4 aliphatic carbocycles. The van der Waals surface area contributed by atoms with E-state index in [9.17, 15) is 39.9 Å². The summed E-state index contributed by atoms with van der Waals surface area (Å²) in [6.45, 7) is 1.08. The Morgan fingerprint density at radius 2 is 1.84 bits per heavy atom. The van der Waals surface area contributed by atoms with Gasteiger partial charge < -0.3 is 36.2 Å². The number of hydrogen-bond acceptors (Lipinski definition) is 10. The van der Waals surface area contributed by atoms with E-state index in [1.54, 1.807) is 6.07 Å². The number of ketones is 3. The van der Waals surface area contributed by atoms with Gasteiger partial charge in [0.25, 0.3) is 0 Å². The lowest BCUT2D eigenvalue weighted by atomic mass is 9.60. The first kappa shape index (κ1) is 26.4. The van der Waals surface area contributed by atoms with Gasteiger partial charge >= 0.3 is 0 Å². The van der Waals surface area contributed by atoms with Crippen LogP contribution >= 0.6 is 0 Å². The Bertz CT molecular complexity index is 1340. The number of phenolic OH excluding ortho intramolecular Hbond substituents is 1. The highest BCUT2D eigenvalue weighted by Gasteiger charge is 2.59. The molecule has 1 aromatic rings. The van der Waals surface area contributed by atoms with Gasteiger partial charge in [-0.25, -0.2) is 0 Å². The van der Waals surface area contributed by atoms with Gasteiger partial charge in [-0.2, -0.15) is 0 Å². The fourth-order valence-corrected chi connectivity index (χ4v) is 6.48. The molecule has 10 nitrogen and oxygen atoms in total. The third kappa shape index (κ3) is 3.69.